The third-order valence-corrected chi connectivity index (χ3v) is 2.82. The van der Waals surface area contributed by atoms with Gasteiger partial charge in [0.25, 0.3) is 0 Å². The minimum absolute atomic E-state index is 0.0225. The van der Waals surface area contributed by atoms with Crippen LogP contribution < -0.4 is 0 Å². The van der Waals surface area contributed by atoms with E-state index in [1.165, 1.54) is 0 Å². The van der Waals surface area contributed by atoms with Crippen LogP contribution in [-0.2, 0) is 0 Å². The van der Waals surface area contributed by atoms with Crippen molar-refractivity contribution in [1.29, 1.82) is 0 Å². The van der Waals surface area contributed by atoms with Gasteiger partial charge in [0.05, 0.1) is 0 Å². The standard InChI is InChI=1S/C14H12OS/c1-10-7-8-13(16)12(9-10)14(15)11-5-3-2-4-6-11/h2-9,16H,1H3. The molecule has 0 aliphatic heterocycles. The molecule has 0 heterocycles. The van der Waals surface area contributed by atoms with Crippen molar-refractivity contribution >= 4 is 18.4 Å². The first-order valence-corrected chi connectivity index (χ1v) is 5.52. The minimum Gasteiger partial charge on any atom is -0.289 e. The van der Waals surface area contributed by atoms with Crippen LogP contribution in [0.4, 0.5) is 0 Å². The van der Waals surface area contributed by atoms with Crippen molar-refractivity contribution in [2.45, 2.75) is 11.8 Å². The Morgan fingerprint density at radius 3 is 2.44 bits per heavy atom. The summed E-state index contributed by atoms with van der Waals surface area (Å²) in [5, 5.41) is 0. The molecule has 0 amide bonds. The molecule has 0 radical (unpaired) electrons. The Hall–Kier alpha value is -1.54. The highest BCUT2D eigenvalue weighted by atomic mass is 32.1. The van der Waals surface area contributed by atoms with E-state index in [-0.39, 0.29) is 5.78 Å². The summed E-state index contributed by atoms with van der Waals surface area (Å²) >= 11 is 4.31. The topological polar surface area (TPSA) is 17.1 Å². The molecule has 0 atom stereocenters. The zero-order valence-corrected chi connectivity index (χ0v) is 9.87. The van der Waals surface area contributed by atoms with Gasteiger partial charge in [0.1, 0.15) is 0 Å². The second-order valence-corrected chi connectivity index (χ2v) is 4.20. The number of hydrogen-bond acceptors (Lipinski definition) is 2. The summed E-state index contributed by atoms with van der Waals surface area (Å²) in [4.78, 5) is 12.9. The molecule has 16 heavy (non-hydrogen) atoms. The maximum Gasteiger partial charge on any atom is 0.194 e. The van der Waals surface area contributed by atoms with E-state index in [9.17, 15) is 4.79 Å². The molecular formula is C14H12OS. The van der Waals surface area contributed by atoms with Crippen molar-refractivity contribution in [2.75, 3.05) is 0 Å². The molecule has 2 aromatic rings. The lowest BCUT2D eigenvalue weighted by Gasteiger charge is -2.05. The fourth-order valence-electron chi connectivity index (χ4n) is 1.58. The Balaban J connectivity index is 2.46. The predicted molar refractivity (Wildman–Crippen MR) is 68.3 cm³/mol. The molecule has 0 aromatic heterocycles. The predicted octanol–water partition coefficient (Wildman–Crippen LogP) is 3.51. The van der Waals surface area contributed by atoms with E-state index in [1.807, 2.05) is 55.5 Å². The molecule has 2 aromatic carbocycles. The van der Waals surface area contributed by atoms with Crippen LogP contribution in [0.3, 0.4) is 0 Å². The lowest BCUT2D eigenvalue weighted by atomic mass is 10.0. The summed E-state index contributed by atoms with van der Waals surface area (Å²) in [6, 6.07) is 14.9. The van der Waals surface area contributed by atoms with Crippen molar-refractivity contribution in [3.8, 4) is 0 Å². The largest absolute Gasteiger partial charge is 0.289 e. The normalized spacial score (nSPS) is 10.1. The van der Waals surface area contributed by atoms with Crippen LogP contribution >= 0.6 is 12.6 Å². The molecule has 2 rings (SSSR count). The zero-order valence-electron chi connectivity index (χ0n) is 8.97. The van der Waals surface area contributed by atoms with Gasteiger partial charge >= 0.3 is 0 Å². The van der Waals surface area contributed by atoms with Crippen molar-refractivity contribution < 1.29 is 4.79 Å². The first kappa shape index (κ1) is 11.0. The highest BCUT2D eigenvalue weighted by molar-refractivity contribution is 7.80. The number of carbonyl (C=O) groups excluding carboxylic acids is 1. The molecule has 0 spiro atoms. The average molecular weight is 228 g/mol. The third-order valence-electron chi connectivity index (χ3n) is 2.43. The van der Waals surface area contributed by atoms with Crippen LogP contribution in [-0.4, -0.2) is 5.78 Å². The van der Waals surface area contributed by atoms with Crippen molar-refractivity contribution in [3.05, 3.63) is 65.2 Å². The van der Waals surface area contributed by atoms with Gasteiger partial charge in [-0.3, -0.25) is 4.79 Å². The van der Waals surface area contributed by atoms with E-state index in [2.05, 4.69) is 12.6 Å². The van der Waals surface area contributed by atoms with Crippen LogP contribution in [0.2, 0.25) is 0 Å². The van der Waals surface area contributed by atoms with Crippen molar-refractivity contribution in [2.24, 2.45) is 0 Å². The van der Waals surface area contributed by atoms with Crippen LogP contribution in [0.15, 0.2) is 53.4 Å². The SMILES string of the molecule is Cc1ccc(S)c(C(=O)c2ccccc2)c1. The van der Waals surface area contributed by atoms with Crippen LogP contribution in [0, 0.1) is 6.92 Å². The Morgan fingerprint density at radius 2 is 1.75 bits per heavy atom. The first-order valence-electron chi connectivity index (χ1n) is 5.08. The number of ketones is 1. The molecule has 0 N–H and O–H groups in total. The molecule has 1 nitrogen and oxygen atoms in total. The molecule has 0 bridgehead atoms. The van der Waals surface area contributed by atoms with Gasteiger partial charge in [0.15, 0.2) is 5.78 Å². The van der Waals surface area contributed by atoms with E-state index in [1.54, 1.807) is 0 Å². The third kappa shape index (κ3) is 2.17. The van der Waals surface area contributed by atoms with E-state index >= 15 is 0 Å². The van der Waals surface area contributed by atoms with Crippen LogP contribution in [0.25, 0.3) is 0 Å². The number of rotatable bonds is 2. The Bertz CT molecular complexity index is 518. The van der Waals surface area contributed by atoms with Gasteiger partial charge in [0.2, 0.25) is 0 Å². The summed E-state index contributed by atoms with van der Waals surface area (Å²) in [5.74, 6) is 0.0225. The molecular weight excluding hydrogens is 216 g/mol. The summed E-state index contributed by atoms with van der Waals surface area (Å²) < 4.78 is 0. The van der Waals surface area contributed by atoms with E-state index in [0.29, 0.717) is 11.1 Å². The van der Waals surface area contributed by atoms with Crippen LogP contribution in [0.1, 0.15) is 21.5 Å². The zero-order chi connectivity index (χ0) is 11.5. The average Bonchev–Trinajstić information content (AvgIpc) is 2.32. The van der Waals surface area contributed by atoms with Gasteiger partial charge in [-0.1, -0.05) is 42.0 Å². The molecule has 0 saturated carbocycles. The van der Waals surface area contributed by atoms with E-state index in [4.69, 9.17) is 0 Å². The number of carbonyl (C=O) groups is 1. The van der Waals surface area contributed by atoms with Gasteiger partial charge < -0.3 is 0 Å². The first-order chi connectivity index (χ1) is 7.68. The Labute approximate surface area is 101 Å². The van der Waals surface area contributed by atoms with Crippen molar-refractivity contribution in [1.82, 2.24) is 0 Å². The summed E-state index contributed by atoms with van der Waals surface area (Å²) in [6.45, 7) is 1.97. The van der Waals surface area contributed by atoms with Gasteiger partial charge in [-0.15, -0.1) is 12.6 Å². The highest BCUT2D eigenvalue weighted by Gasteiger charge is 2.11. The maximum atomic E-state index is 12.2. The molecule has 0 aliphatic rings. The lowest BCUT2D eigenvalue weighted by molar-refractivity contribution is 0.103. The number of thiol groups is 1. The molecule has 0 aliphatic carbocycles. The number of hydrogen-bond donors (Lipinski definition) is 1. The van der Waals surface area contributed by atoms with Crippen molar-refractivity contribution in [3.63, 3.8) is 0 Å². The van der Waals surface area contributed by atoms with Crippen LogP contribution in [0.5, 0.6) is 0 Å². The summed E-state index contributed by atoms with van der Waals surface area (Å²) in [6.07, 6.45) is 0. The fraction of sp³-hybridized carbons (Fsp3) is 0.0714. The molecule has 0 unspecified atom stereocenters. The lowest BCUT2D eigenvalue weighted by Crippen LogP contribution is -2.02. The van der Waals surface area contributed by atoms with E-state index < -0.39 is 0 Å². The number of aryl methyl sites for hydroxylation is 1. The molecule has 2 heteroatoms. The molecule has 80 valence electrons. The Kier molecular flexibility index (Phi) is 3.11. The second-order valence-electron chi connectivity index (χ2n) is 3.72. The van der Waals surface area contributed by atoms with E-state index in [0.717, 1.165) is 10.5 Å². The minimum atomic E-state index is 0.0225. The highest BCUT2D eigenvalue weighted by Crippen LogP contribution is 2.19. The smallest absolute Gasteiger partial charge is 0.194 e. The molecule has 0 saturated heterocycles. The Morgan fingerprint density at radius 1 is 1.06 bits per heavy atom. The molecule has 0 fully saturated rings. The van der Waals surface area contributed by atoms with Gasteiger partial charge in [-0.2, -0.15) is 0 Å². The quantitative estimate of drug-likeness (QED) is 0.615. The second kappa shape index (κ2) is 4.54. The summed E-state index contributed by atoms with van der Waals surface area (Å²) in [5.41, 5.74) is 2.43. The number of benzene rings is 2. The van der Waals surface area contributed by atoms with Gasteiger partial charge in [-0.25, -0.2) is 0 Å². The monoisotopic (exact) mass is 228 g/mol. The summed E-state index contributed by atoms with van der Waals surface area (Å²) in [7, 11) is 0. The van der Waals surface area contributed by atoms with Gasteiger partial charge in [-0.05, 0) is 19.1 Å². The maximum absolute atomic E-state index is 12.2. The van der Waals surface area contributed by atoms with Gasteiger partial charge in [0, 0.05) is 16.0 Å². The fourth-order valence-corrected chi connectivity index (χ4v) is 1.82.